The quantitative estimate of drug-likeness (QED) is 0.477. The first-order valence-electron chi connectivity index (χ1n) is 10.2. The van der Waals surface area contributed by atoms with Crippen LogP contribution in [0.4, 0.5) is 16.2 Å². The molecule has 0 unspecified atom stereocenters. The van der Waals surface area contributed by atoms with Gasteiger partial charge in [0.05, 0.1) is 5.69 Å². The molecular weight excluding hydrogens is 429 g/mol. The zero-order valence-electron chi connectivity index (χ0n) is 17.9. The molecule has 3 aromatic heterocycles. The molecule has 0 radical (unpaired) electrons. The Labute approximate surface area is 187 Å². The lowest BCUT2D eigenvalue weighted by atomic mass is 9.97. The molecule has 1 atom stereocenters. The average Bonchev–Trinajstić information content (AvgIpc) is 3.52. The van der Waals surface area contributed by atoms with Gasteiger partial charge < -0.3 is 19.8 Å². The number of benzene rings is 1. The summed E-state index contributed by atoms with van der Waals surface area (Å²) in [4.78, 5) is 22.3. The van der Waals surface area contributed by atoms with Crippen LogP contribution in [0.3, 0.4) is 0 Å². The van der Waals surface area contributed by atoms with Crippen molar-refractivity contribution in [3.8, 4) is 22.5 Å². The third kappa shape index (κ3) is 3.61. The number of hydrogen-bond donors (Lipinski definition) is 2. The smallest absolute Gasteiger partial charge is 0.262 e. The van der Waals surface area contributed by atoms with Crippen molar-refractivity contribution < 1.29 is 18.8 Å². The number of aryl methyl sites for hydroxylation is 1. The van der Waals surface area contributed by atoms with Crippen LogP contribution in [0.1, 0.15) is 12.2 Å². The molecule has 1 saturated heterocycles. The highest BCUT2D eigenvalue weighted by Gasteiger charge is 2.48. The minimum absolute atomic E-state index is 0.0134. The molecule has 168 valence electrons. The molecule has 33 heavy (non-hydrogen) atoms. The summed E-state index contributed by atoms with van der Waals surface area (Å²) < 4.78 is 22.4. The number of likely N-dealkylation sites (tertiary alicyclic amines) is 1. The Balaban J connectivity index is 1.47. The Morgan fingerprint density at radius 2 is 1.97 bits per heavy atom. The number of nitrogens with one attached hydrogen (secondary N) is 1. The van der Waals surface area contributed by atoms with Crippen molar-refractivity contribution in [2.45, 2.75) is 12.0 Å². The SMILES string of the molecule is CN1CC[C@@](O)(c2cc(-c3cccc(-c4ccnc(Nc5ccn(C)n5)n4)c3F)no2)C1=O. The van der Waals surface area contributed by atoms with Crippen molar-refractivity contribution in [1.29, 1.82) is 0 Å². The second kappa shape index (κ2) is 7.78. The van der Waals surface area contributed by atoms with Gasteiger partial charge in [-0.2, -0.15) is 5.10 Å². The molecular formula is C22H20FN7O3. The number of halogens is 1. The number of hydrogen-bond acceptors (Lipinski definition) is 8. The molecule has 0 saturated carbocycles. The van der Waals surface area contributed by atoms with Gasteiger partial charge in [-0.3, -0.25) is 9.48 Å². The van der Waals surface area contributed by atoms with E-state index in [1.54, 1.807) is 55.3 Å². The summed E-state index contributed by atoms with van der Waals surface area (Å²) in [5.41, 5.74) is -0.882. The predicted octanol–water partition coefficient (Wildman–Crippen LogP) is 2.46. The summed E-state index contributed by atoms with van der Waals surface area (Å²) in [5.74, 6) is -0.231. The van der Waals surface area contributed by atoms with Gasteiger partial charge in [-0.15, -0.1) is 0 Å². The van der Waals surface area contributed by atoms with Crippen molar-refractivity contribution in [1.82, 2.24) is 29.8 Å². The van der Waals surface area contributed by atoms with Gasteiger partial charge in [0.2, 0.25) is 11.5 Å². The van der Waals surface area contributed by atoms with Crippen molar-refractivity contribution >= 4 is 17.7 Å². The second-order valence-electron chi connectivity index (χ2n) is 7.85. The van der Waals surface area contributed by atoms with Crippen molar-refractivity contribution in [3.63, 3.8) is 0 Å². The molecule has 0 bridgehead atoms. The monoisotopic (exact) mass is 449 g/mol. The molecule has 10 nitrogen and oxygen atoms in total. The van der Waals surface area contributed by atoms with Crippen LogP contribution < -0.4 is 5.32 Å². The summed E-state index contributed by atoms with van der Waals surface area (Å²) in [6, 6.07) is 9.56. The first-order valence-corrected chi connectivity index (χ1v) is 10.2. The molecule has 1 amide bonds. The van der Waals surface area contributed by atoms with Gasteiger partial charge in [-0.05, 0) is 18.2 Å². The minimum Gasteiger partial charge on any atom is -0.373 e. The normalized spacial score (nSPS) is 18.2. The van der Waals surface area contributed by atoms with Gasteiger partial charge >= 0.3 is 0 Å². The fourth-order valence-corrected chi connectivity index (χ4v) is 3.77. The minimum atomic E-state index is -1.80. The van der Waals surface area contributed by atoms with Crippen LogP contribution in [0.25, 0.3) is 22.5 Å². The fourth-order valence-electron chi connectivity index (χ4n) is 3.77. The molecule has 4 heterocycles. The first-order chi connectivity index (χ1) is 15.8. The summed E-state index contributed by atoms with van der Waals surface area (Å²) in [7, 11) is 3.39. The van der Waals surface area contributed by atoms with Gasteiger partial charge in [0, 0.05) is 62.7 Å². The highest BCUT2D eigenvalue weighted by Crippen LogP contribution is 2.36. The molecule has 0 spiro atoms. The highest BCUT2D eigenvalue weighted by molar-refractivity contribution is 5.87. The standard InChI is InChI=1S/C22H20FN7O3/c1-29-11-8-22(32,20(29)31)17-12-16(28-33-17)14-5-3-4-13(19(14)23)15-6-9-24-21(25-15)26-18-7-10-30(2)27-18/h3-7,9-10,12,32H,8,11H2,1-2H3,(H,24,25,26,27)/t22-/m1/s1. The van der Waals surface area contributed by atoms with E-state index in [4.69, 9.17) is 4.52 Å². The Kier molecular flexibility index (Phi) is 4.90. The van der Waals surface area contributed by atoms with Crippen LogP contribution in [-0.2, 0) is 17.4 Å². The number of carbonyl (C=O) groups excluding carboxylic acids is 1. The van der Waals surface area contributed by atoms with Crippen LogP contribution in [0, 0.1) is 5.82 Å². The number of likely N-dealkylation sites (N-methyl/N-ethyl adjacent to an activating group) is 1. The molecule has 1 fully saturated rings. The lowest BCUT2D eigenvalue weighted by Crippen LogP contribution is -2.35. The number of anilines is 2. The van der Waals surface area contributed by atoms with Crippen molar-refractivity contribution in [2.24, 2.45) is 7.05 Å². The summed E-state index contributed by atoms with van der Waals surface area (Å²) in [6.45, 7) is 0.387. The maximum Gasteiger partial charge on any atom is 0.262 e. The third-order valence-corrected chi connectivity index (χ3v) is 5.59. The van der Waals surface area contributed by atoms with E-state index in [0.29, 0.717) is 18.1 Å². The van der Waals surface area contributed by atoms with Crippen LogP contribution in [-0.4, -0.2) is 54.4 Å². The number of carbonyl (C=O) groups is 1. The van der Waals surface area contributed by atoms with E-state index in [1.807, 2.05) is 0 Å². The highest BCUT2D eigenvalue weighted by atomic mass is 19.1. The van der Waals surface area contributed by atoms with Crippen molar-refractivity contribution in [2.75, 3.05) is 18.9 Å². The van der Waals surface area contributed by atoms with Crippen LogP contribution in [0.2, 0.25) is 0 Å². The number of aliphatic hydroxyl groups is 1. The number of rotatable bonds is 5. The van der Waals surface area contributed by atoms with Crippen LogP contribution >= 0.6 is 0 Å². The summed E-state index contributed by atoms with van der Waals surface area (Å²) in [6.07, 6.45) is 3.47. The van der Waals surface area contributed by atoms with E-state index in [0.717, 1.165) is 0 Å². The zero-order valence-corrected chi connectivity index (χ0v) is 17.9. The molecule has 1 aliphatic heterocycles. The first kappa shape index (κ1) is 20.8. The van der Waals surface area contributed by atoms with Gasteiger partial charge in [0.15, 0.2) is 11.6 Å². The molecule has 11 heteroatoms. The molecule has 5 rings (SSSR count). The predicted molar refractivity (Wildman–Crippen MR) is 116 cm³/mol. The molecule has 2 N–H and O–H groups in total. The second-order valence-corrected chi connectivity index (χ2v) is 7.85. The fraction of sp³-hybridized carbons (Fsp3) is 0.227. The van der Waals surface area contributed by atoms with Crippen LogP contribution in [0.15, 0.2) is 53.3 Å². The maximum atomic E-state index is 15.5. The van der Waals surface area contributed by atoms with Crippen LogP contribution in [0.5, 0.6) is 0 Å². The van der Waals surface area contributed by atoms with E-state index in [2.05, 4.69) is 25.5 Å². The maximum absolute atomic E-state index is 15.5. The summed E-state index contributed by atoms with van der Waals surface area (Å²) in [5, 5.41) is 21.9. The van der Waals surface area contributed by atoms with E-state index < -0.39 is 17.3 Å². The Morgan fingerprint density at radius 3 is 2.67 bits per heavy atom. The summed E-state index contributed by atoms with van der Waals surface area (Å²) >= 11 is 0. The Morgan fingerprint density at radius 1 is 1.18 bits per heavy atom. The molecule has 1 aliphatic rings. The molecule has 0 aliphatic carbocycles. The van der Waals surface area contributed by atoms with Gasteiger partial charge in [-0.25, -0.2) is 14.4 Å². The van der Waals surface area contributed by atoms with E-state index in [9.17, 15) is 9.90 Å². The molecule has 4 aromatic rings. The lowest BCUT2D eigenvalue weighted by molar-refractivity contribution is -0.144. The largest absolute Gasteiger partial charge is 0.373 e. The van der Waals surface area contributed by atoms with Gasteiger partial charge in [0.25, 0.3) is 5.91 Å². The Hall–Kier alpha value is -4.12. The van der Waals surface area contributed by atoms with Crippen molar-refractivity contribution in [3.05, 3.63) is 60.4 Å². The van der Waals surface area contributed by atoms with E-state index in [1.165, 1.54) is 17.2 Å². The molecule has 1 aromatic carbocycles. The van der Waals surface area contributed by atoms with E-state index >= 15 is 4.39 Å². The van der Waals surface area contributed by atoms with E-state index in [-0.39, 0.29) is 35.0 Å². The zero-order chi connectivity index (χ0) is 23.2. The number of aromatic nitrogens is 5. The topological polar surface area (TPSA) is 122 Å². The third-order valence-electron chi connectivity index (χ3n) is 5.59. The average molecular weight is 449 g/mol. The van der Waals surface area contributed by atoms with Gasteiger partial charge in [0.1, 0.15) is 11.5 Å². The Bertz CT molecular complexity index is 1350. The number of nitrogens with zero attached hydrogens (tertiary/aromatic N) is 6. The lowest BCUT2D eigenvalue weighted by Gasteiger charge is -2.16. The number of amides is 1. The van der Waals surface area contributed by atoms with Gasteiger partial charge in [-0.1, -0.05) is 11.2 Å².